The van der Waals surface area contributed by atoms with Gasteiger partial charge in [0, 0.05) is 38.2 Å². The van der Waals surface area contributed by atoms with E-state index in [9.17, 15) is 37.8 Å². The molecule has 4 aromatic carbocycles. The van der Waals surface area contributed by atoms with Crippen molar-refractivity contribution in [2.75, 3.05) is 32.8 Å². The smallest absolute Gasteiger partial charge is 0.275 e. The van der Waals surface area contributed by atoms with Crippen LogP contribution < -0.4 is 10.0 Å². The Labute approximate surface area is 341 Å². The Hall–Kier alpha value is -5.61. The molecule has 4 amide bonds. The van der Waals surface area contributed by atoms with Crippen LogP contribution in [0.25, 0.3) is 16.5 Å². The van der Waals surface area contributed by atoms with Crippen molar-refractivity contribution in [2.24, 2.45) is 0 Å². The summed E-state index contributed by atoms with van der Waals surface area (Å²) in [7, 11) is -4.32. The fraction of sp³-hybridized carbons (Fsp3) is 0.310. The van der Waals surface area contributed by atoms with E-state index in [2.05, 4.69) is 15.1 Å². The summed E-state index contributed by atoms with van der Waals surface area (Å²) < 4.78 is 30.4. The van der Waals surface area contributed by atoms with Crippen molar-refractivity contribution in [3.05, 3.63) is 124 Å². The predicted octanol–water partition coefficient (Wildman–Crippen LogP) is 4.41. The largest absolute Gasteiger partial charge is 0.394 e. The molecular formula is C42H45ClN6O8S. The zero-order valence-corrected chi connectivity index (χ0v) is 33.7. The molecule has 0 saturated heterocycles. The summed E-state index contributed by atoms with van der Waals surface area (Å²) in [5.41, 5.74) is 2.41. The lowest BCUT2D eigenvalue weighted by Crippen LogP contribution is -2.42. The molecule has 0 atom stereocenters. The molecule has 0 saturated carbocycles. The third-order valence-corrected chi connectivity index (χ3v) is 11.9. The maximum absolute atomic E-state index is 14.5. The van der Waals surface area contributed by atoms with Gasteiger partial charge in [-0.05, 0) is 72.0 Å². The number of hydrogen-bond donors (Lipinski definition) is 4. The van der Waals surface area contributed by atoms with Gasteiger partial charge in [0.05, 0.1) is 46.1 Å². The summed E-state index contributed by atoms with van der Waals surface area (Å²) in [6, 6.07) is 22.9. The first-order chi connectivity index (χ1) is 27.8. The number of amides is 4. The number of aromatic nitrogens is 2. The van der Waals surface area contributed by atoms with Crippen molar-refractivity contribution < 1.29 is 37.8 Å². The van der Waals surface area contributed by atoms with E-state index < -0.39 is 52.9 Å². The molecule has 0 fully saturated rings. The average molecular weight is 829 g/mol. The second-order valence-electron chi connectivity index (χ2n) is 14.1. The topological polar surface area (TPSA) is 191 Å². The van der Waals surface area contributed by atoms with E-state index in [-0.39, 0.29) is 45.4 Å². The van der Waals surface area contributed by atoms with Crippen molar-refractivity contribution in [1.29, 1.82) is 0 Å². The Morgan fingerprint density at radius 3 is 2.34 bits per heavy atom. The lowest BCUT2D eigenvalue weighted by molar-refractivity contribution is -0.122. The van der Waals surface area contributed by atoms with E-state index in [1.54, 1.807) is 30.0 Å². The van der Waals surface area contributed by atoms with Crippen LogP contribution in [0.2, 0.25) is 5.02 Å². The second kappa shape index (κ2) is 18.3. The standard InChI is InChI=1S/C42H45ClN6O8S/c1-3-4-19-47(21-18-37(52)44-33(25-50)26-51)42(55)39-38(43)27(2)49(45-39)36-16-14-31(23-35(36)41(54)48-20-17-29-10-6-8-12-32(29)24-48)40(53)46-58(56,57)34-15-13-28-9-5-7-11-30(28)22-34/h5-16,22-23,33,50-51H,3-4,17-21,24-26H2,1-2H3,(H,44,52)(H,46,53). The lowest BCUT2D eigenvalue weighted by atomic mass is 9.98. The number of aliphatic hydroxyl groups is 2. The van der Waals surface area contributed by atoms with Crippen molar-refractivity contribution in [3.8, 4) is 5.69 Å². The number of fused-ring (bicyclic) bond motifs is 2. The first kappa shape index (κ1) is 42.0. The first-order valence-electron chi connectivity index (χ1n) is 19.0. The molecule has 0 spiro atoms. The molecule has 14 nitrogen and oxygen atoms in total. The number of hydrogen-bond acceptors (Lipinski definition) is 9. The molecule has 2 heterocycles. The molecule has 0 unspecified atom stereocenters. The van der Waals surface area contributed by atoms with Gasteiger partial charge in [0.2, 0.25) is 5.91 Å². The Morgan fingerprint density at radius 1 is 0.914 bits per heavy atom. The highest BCUT2D eigenvalue weighted by atomic mass is 35.5. The summed E-state index contributed by atoms with van der Waals surface area (Å²) in [4.78, 5) is 57.8. The van der Waals surface area contributed by atoms with Crippen LogP contribution in [-0.2, 0) is 27.8 Å². The molecule has 1 aliphatic rings. The summed E-state index contributed by atoms with van der Waals surface area (Å²) in [5.74, 6) is -2.42. The maximum Gasteiger partial charge on any atom is 0.275 e. The normalized spacial score (nSPS) is 12.7. The zero-order chi connectivity index (χ0) is 41.6. The van der Waals surface area contributed by atoms with Crippen LogP contribution in [-0.4, -0.2) is 101 Å². The van der Waals surface area contributed by atoms with E-state index in [0.717, 1.165) is 22.9 Å². The van der Waals surface area contributed by atoms with Crippen molar-refractivity contribution in [1.82, 2.24) is 29.6 Å². The number of aliphatic hydroxyl groups excluding tert-OH is 2. The van der Waals surface area contributed by atoms with Gasteiger partial charge in [-0.1, -0.05) is 79.5 Å². The second-order valence-corrected chi connectivity index (χ2v) is 16.2. The van der Waals surface area contributed by atoms with Crippen LogP contribution in [0.3, 0.4) is 0 Å². The number of rotatable bonds is 15. The molecule has 4 N–H and O–H groups in total. The number of carbonyl (C=O) groups is 4. The lowest BCUT2D eigenvalue weighted by Gasteiger charge is -2.29. The first-order valence-corrected chi connectivity index (χ1v) is 20.8. The fourth-order valence-electron chi connectivity index (χ4n) is 6.80. The Kier molecular flexibility index (Phi) is 13.3. The molecular weight excluding hydrogens is 784 g/mol. The molecule has 0 aliphatic carbocycles. The SMILES string of the molecule is CCCCN(CCC(=O)NC(CO)CO)C(=O)c1nn(-c2ccc(C(=O)NS(=O)(=O)c3ccc4ccccc4c3)cc2C(=O)N2CCc3ccccc3C2)c(C)c1Cl. The molecule has 5 aromatic rings. The van der Waals surface area contributed by atoms with Crippen molar-refractivity contribution in [2.45, 2.75) is 57.0 Å². The van der Waals surface area contributed by atoms with Crippen LogP contribution in [0.1, 0.15) is 74.2 Å². The van der Waals surface area contributed by atoms with Gasteiger partial charge in [-0.25, -0.2) is 17.8 Å². The highest BCUT2D eigenvalue weighted by molar-refractivity contribution is 7.90. The number of unbranched alkanes of at least 4 members (excludes halogenated alkanes) is 1. The summed E-state index contributed by atoms with van der Waals surface area (Å²) in [6.07, 6.45) is 1.86. The van der Waals surface area contributed by atoms with Crippen LogP contribution in [0.15, 0.2) is 89.8 Å². The summed E-state index contributed by atoms with van der Waals surface area (Å²) >= 11 is 6.80. The Balaban J connectivity index is 1.34. The third-order valence-electron chi connectivity index (χ3n) is 10.1. The van der Waals surface area contributed by atoms with Crippen molar-refractivity contribution >= 4 is 56.0 Å². The van der Waals surface area contributed by atoms with Crippen LogP contribution in [0, 0.1) is 6.92 Å². The van der Waals surface area contributed by atoms with Gasteiger partial charge in [-0.2, -0.15) is 5.10 Å². The minimum absolute atomic E-state index is 0.00255. The fourth-order valence-corrected chi connectivity index (χ4v) is 8.01. The Morgan fingerprint density at radius 2 is 1.62 bits per heavy atom. The highest BCUT2D eigenvalue weighted by Crippen LogP contribution is 2.29. The van der Waals surface area contributed by atoms with Gasteiger partial charge >= 0.3 is 0 Å². The number of halogens is 1. The van der Waals surface area contributed by atoms with E-state index >= 15 is 0 Å². The average Bonchev–Trinajstić information content (AvgIpc) is 3.54. The molecule has 16 heteroatoms. The van der Waals surface area contributed by atoms with Gasteiger partial charge < -0.3 is 25.3 Å². The van der Waals surface area contributed by atoms with Gasteiger partial charge in [-0.15, -0.1) is 0 Å². The summed E-state index contributed by atoms with van der Waals surface area (Å²) in [6.45, 7) is 3.65. The predicted molar refractivity (Wildman–Crippen MR) is 218 cm³/mol. The van der Waals surface area contributed by atoms with E-state index in [1.807, 2.05) is 43.3 Å². The molecule has 304 valence electrons. The molecule has 1 aromatic heterocycles. The molecule has 6 rings (SSSR count). The van der Waals surface area contributed by atoms with Crippen LogP contribution >= 0.6 is 11.6 Å². The van der Waals surface area contributed by atoms with Gasteiger partial charge in [0.1, 0.15) is 0 Å². The van der Waals surface area contributed by atoms with Gasteiger partial charge in [-0.3, -0.25) is 19.2 Å². The zero-order valence-electron chi connectivity index (χ0n) is 32.2. The molecule has 0 radical (unpaired) electrons. The van der Waals surface area contributed by atoms with E-state index in [1.165, 1.54) is 39.9 Å². The van der Waals surface area contributed by atoms with Crippen molar-refractivity contribution in [3.63, 3.8) is 0 Å². The number of benzene rings is 4. The highest BCUT2D eigenvalue weighted by Gasteiger charge is 2.30. The quantitative estimate of drug-likeness (QED) is 0.118. The summed E-state index contributed by atoms with van der Waals surface area (Å²) in [5, 5.41) is 27.3. The number of carbonyl (C=O) groups excluding carboxylic acids is 4. The van der Waals surface area contributed by atoms with Crippen LogP contribution in [0.4, 0.5) is 0 Å². The van der Waals surface area contributed by atoms with Gasteiger partial charge in [0.15, 0.2) is 5.69 Å². The monoisotopic (exact) mass is 828 g/mol. The molecule has 58 heavy (non-hydrogen) atoms. The minimum Gasteiger partial charge on any atom is -0.394 e. The number of nitrogens with one attached hydrogen (secondary N) is 2. The third kappa shape index (κ3) is 9.23. The molecule has 0 bridgehead atoms. The maximum atomic E-state index is 14.5. The van der Waals surface area contributed by atoms with E-state index in [0.29, 0.717) is 43.6 Å². The molecule has 1 aliphatic heterocycles. The number of sulfonamides is 1. The minimum atomic E-state index is -4.32. The van der Waals surface area contributed by atoms with Crippen LogP contribution in [0.5, 0.6) is 0 Å². The van der Waals surface area contributed by atoms with Gasteiger partial charge in [0.25, 0.3) is 27.7 Å². The Bertz CT molecular complexity index is 2470. The number of nitrogens with zero attached hydrogens (tertiary/aromatic N) is 4. The van der Waals surface area contributed by atoms with E-state index in [4.69, 9.17) is 11.6 Å².